The Morgan fingerprint density at radius 1 is 1.29 bits per heavy atom. The molecule has 1 atom stereocenters. The summed E-state index contributed by atoms with van der Waals surface area (Å²) in [6, 6.07) is -1.12. The third kappa shape index (κ3) is 8.03. The quantitative estimate of drug-likeness (QED) is 0.497. The van der Waals surface area contributed by atoms with Crippen LogP contribution in [-0.4, -0.2) is 63.7 Å². The number of aliphatic carboxylic acids is 2. The number of amides is 1. The molecule has 6 nitrogen and oxygen atoms in total. The van der Waals surface area contributed by atoms with Crippen molar-refractivity contribution >= 4 is 47.4 Å². The Kier molecular flexibility index (Phi) is 8.82. The number of carboxylic acids is 2. The van der Waals surface area contributed by atoms with Gasteiger partial charge >= 0.3 is 41.5 Å². The standard InChI is InChI=1S/C7H11NO5.Na.H/c1-4(9)8-5(7(12)13)2-3-6(10)11;;/h5H,2-3H2,1H3,(H,8,9)(H,10,11)(H,12,13);;/t5-;;/m0../s1. The van der Waals surface area contributed by atoms with Gasteiger partial charge in [-0.1, -0.05) is 0 Å². The minimum absolute atomic E-state index is 0. The Balaban J connectivity index is 0. The SMILES string of the molecule is CC(=O)N[C@@H](CCC(=O)O)C(=O)O.[NaH]. The summed E-state index contributed by atoms with van der Waals surface area (Å²) in [5.41, 5.74) is 0. The Morgan fingerprint density at radius 3 is 2.07 bits per heavy atom. The molecule has 0 aromatic heterocycles. The van der Waals surface area contributed by atoms with E-state index < -0.39 is 23.9 Å². The maximum atomic E-state index is 10.5. The van der Waals surface area contributed by atoms with Crippen molar-refractivity contribution in [2.24, 2.45) is 0 Å². The number of carbonyl (C=O) groups is 3. The van der Waals surface area contributed by atoms with E-state index in [1.54, 1.807) is 0 Å². The van der Waals surface area contributed by atoms with E-state index in [4.69, 9.17) is 10.2 Å². The van der Waals surface area contributed by atoms with Crippen molar-refractivity contribution in [1.29, 1.82) is 0 Å². The van der Waals surface area contributed by atoms with Gasteiger partial charge in [0.05, 0.1) is 0 Å². The number of hydrogen-bond acceptors (Lipinski definition) is 3. The van der Waals surface area contributed by atoms with Crippen molar-refractivity contribution < 1.29 is 24.6 Å². The first-order valence-corrected chi connectivity index (χ1v) is 3.65. The predicted octanol–water partition coefficient (Wildman–Crippen LogP) is -1.21. The van der Waals surface area contributed by atoms with Gasteiger partial charge in [-0.3, -0.25) is 9.59 Å². The van der Waals surface area contributed by atoms with Crippen LogP contribution in [0.1, 0.15) is 19.8 Å². The van der Waals surface area contributed by atoms with Gasteiger partial charge in [-0.25, -0.2) is 4.79 Å². The van der Waals surface area contributed by atoms with Crippen LogP contribution < -0.4 is 5.32 Å². The molecule has 0 radical (unpaired) electrons. The predicted molar refractivity (Wildman–Crippen MR) is 49.3 cm³/mol. The van der Waals surface area contributed by atoms with Crippen molar-refractivity contribution in [2.75, 3.05) is 0 Å². The zero-order valence-electron chi connectivity index (χ0n) is 7.11. The molecule has 76 valence electrons. The molecule has 1 amide bonds. The molecule has 0 aliphatic carbocycles. The number of carbonyl (C=O) groups excluding carboxylic acids is 1. The first-order valence-electron chi connectivity index (χ1n) is 3.65. The van der Waals surface area contributed by atoms with E-state index in [-0.39, 0.29) is 42.4 Å². The maximum absolute atomic E-state index is 10.5. The zero-order valence-corrected chi connectivity index (χ0v) is 7.11. The van der Waals surface area contributed by atoms with Gasteiger partial charge < -0.3 is 15.5 Å². The Morgan fingerprint density at radius 2 is 1.79 bits per heavy atom. The van der Waals surface area contributed by atoms with Gasteiger partial charge in [0.1, 0.15) is 6.04 Å². The fourth-order valence-corrected chi connectivity index (χ4v) is 0.771. The van der Waals surface area contributed by atoms with Crippen LogP contribution in [0.2, 0.25) is 0 Å². The second kappa shape index (κ2) is 7.78. The molecule has 0 spiro atoms. The van der Waals surface area contributed by atoms with E-state index in [1.165, 1.54) is 6.92 Å². The first-order chi connectivity index (χ1) is 5.93. The van der Waals surface area contributed by atoms with Gasteiger partial charge in [0.25, 0.3) is 0 Å². The molecule has 0 fully saturated rings. The van der Waals surface area contributed by atoms with Crippen molar-refractivity contribution in [3.05, 3.63) is 0 Å². The molecule has 0 aromatic rings. The monoisotopic (exact) mass is 213 g/mol. The van der Waals surface area contributed by atoms with E-state index >= 15 is 0 Å². The number of rotatable bonds is 5. The summed E-state index contributed by atoms with van der Waals surface area (Å²) in [4.78, 5) is 31.0. The Hall–Kier alpha value is -0.590. The minimum atomic E-state index is -1.23. The van der Waals surface area contributed by atoms with Crippen molar-refractivity contribution in [1.82, 2.24) is 5.32 Å². The summed E-state index contributed by atoms with van der Waals surface area (Å²) in [6.07, 6.45) is -0.387. The molecule has 0 aromatic carbocycles. The molecule has 3 N–H and O–H groups in total. The topological polar surface area (TPSA) is 104 Å². The molecule has 0 heterocycles. The fourth-order valence-electron chi connectivity index (χ4n) is 0.771. The number of nitrogens with one attached hydrogen (secondary N) is 1. The van der Waals surface area contributed by atoms with Crippen LogP contribution in [0.3, 0.4) is 0 Å². The van der Waals surface area contributed by atoms with E-state index in [1.807, 2.05) is 0 Å². The Bertz CT molecular complexity index is 230. The zero-order chi connectivity index (χ0) is 10.4. The third-order valence-electron chi connectivity index (χ3n) is 1.32. The summed E-state index contributed by atoms with van der Waals surface area (Å²) in [5, 5.41) is 18.9. The summed E-state index contributed by atoms with van der Waals surface area (Å²) in [5.74, 6) is -2.80. The van der Waals surface area contributed by atoms with E-state index in [0.29, 0.717) is 0 Å². The van der Waals surface area contributed by atoms with Crippen LogP contribution in [0, 0.1) is 0 Å². The van der Waals surface area contributed by atoms with Gasteiger partial charge in [0.15, 0.2) is 0 Å². The summed E-state index contributed by atoms with van der Waals surface area (Å²) in [6.45, 7) is 1.18. The Labute approximate surface area is 103 Å². The summed E-state index contributed by atoms with van der Waals surface area (Å²) in [7, 11) is 0. The second-order valence-corrected chi connectivity index (χ2v) is 2.52. The average molecular weight is 213 g/mol. The van der Waals surface area contributed by atoms with Crippen LogP contribution in [0.5, 0.6) is 0 Å². The molecule has 0 saturated carbocycles. The van der Waals surface area contributed by atoms with E-state index in [2.05, 4.69) is 5.32 Å². The van der Waals surface area contributed by atoms with Crippen molar-refractivity contribution in [2.45, 2.75) is 25.8 Å². The van der Waals surface area contributed by atoms with Crippen LogP contribution >= 0.6 is 0 Å². The van der Waals surface area contributed by atoms with E-state index in [0.717, 1.165) is 0 Å². The normalized spacial score (nSPS) is 10.9. The van der Waals surface area contributed by atoms with Crippen LogP contribution in [-0.2, 0) is 14.4 Å². The molecule has 0 saturated heterocycles. The molecule has 7 heteroatoms. The molecule has 0 aliphatic rings. The van der Waals surface area contributed by atoms with Crippen molar-refractivity contribution in [3.8, 4) is 0 Å². The van der Waals surface area contributed by atoms with Gasteiger partial charge in [0.2, 0.25) is 5.91 Å². The van der Waals surface area contributed by atoms with Crippen LogP contribution in [0.15, 0.2) is 0 Å². The van der Waals surface area contributed by atoms with Gasteiger partial charge in [-0.2, -0.15) is 0 Å². The summed E-state index contributed by atoms with van der Waals surface area (Å²) < 4.78 is 0. The molecule has 0 aliphatic heterocycles. The molecular formula is C7H12NNaO5. The summed E-state index contributed by atoms with van der Waals surface area (Å²) >= 11 is 0. The van der Waals surface area contributed by atoms with Crippen molar-refractivity contribution in [3.63, 3.8) is 0 Å². The number of carboxylic acid groups (broad SMARTS) is 2. The third-order valence-corrected chi connectivity index (χ3v) is 1.32. The fraction of sp³-hybridized carbons (Fsp3) is 0.571. The second-order valence-electron chi connectivity index (χ2n) is 2.52. The molecule has 0 rings (SSSR count). The van der Waals surface area contributed by atoms with Gasteiger partial charge in [-0.15, -0.1) is 0 Å². The molecule has 14 heavy (non-hydrogen) atoms. The van der Waals surface area contributed by atoms with Gasteiger partial charge in [-0.05, 0) is 6.42 Å². The van der Waals surface area contributed by atoms with E-state index in [9.17, 15) is 14.4 Å². The first kappa shape index (κ1) is 15.9. The van der Waals surface area contributed by atoms with Crippen LogP contribution in [0.4, 0.5) is 0 Å². The molecule has 0 unspecified atom stereocenters. The van der Waals surface area contributed by atoms with Gasteiger partial charge in [0, 0.05) is 13.3 Å². The van der Waals surface area contributed by atoms with Crippen LogP contribution in [0.25, 0.3) is 0 Å². The molecule has 0 bridgehead atoms. The average Bonchev–Trinajstić information content (AvgIpc) is 1.96. The molecular weight excluding hydrogens is 201 g/mol. The number of hydrogen-bond donors (Lipinski definition) is 3.